The highest BCUT2D eigenvalue weighted by Crippen LogP contribution is 2.25. The molecule has 1 amide bonds. The minimum Gasteiger partial charge on any atom is -0.406 e. The van der Waals surface area contributed by atoms with Gasteiger partial charge in [-0.2, -0.15) is 0 Å². The van der Waals surface area contributed by atoms with Crippen molar-refractivity contribution in [2.24, 2.45) is 0 Å². The quantitative estimate of drug-likeness (QED) is 0.837. The number of hydrogen-bond acceptors (Lipinski definition) is 3. The molecule has 0 aromatic heterocycles. The number of carbonyl (C=O) groups excluding carboxylic acids is 1. The molecule has 2 aromatic carbocycles. The number of carbonyl (C=O) groups is 1. The van der Waals surface area contributed by atoms with E-state index >= 15 is 0 Å². The van der Waals surface area contributed by atoms with Crippen molar-refractivity contribution in [3.8, 4) is 5.75 Å². The van der Waals surface area contributed by atoms with Crippen molar-refractivity contribution in [1.29, 1.82) is 0 Å². The topological polar surface area (TPSA) is 58.6 Å². The highest BCUT2D eigenvalue weighted by atomic mass is 19.4. The molecular formula is C20H20F3NO3. The number of aliphatic hydroxyl groups is 1. The molecule has 1 atom stereocenters. The van der Waals surface area contributed by atoms with Gasteiger partial charge in [0.15, 0.2) is 0 Å². The normalized spacial score (nSPS) is 16.5. The van der Waals surface area contributed by atoms with Gasteiger partial charge in [0.2, 0.25) is 0 Å². The minimum atomic E-state index is -4.76. The van der Waals surface area contributed by atoms with Gasteiger partial charge in [0.1, 0.15) is 5.75 Å². The summed E-state index contributed by atoms with van der Waals surface area (Å²) in [5.74, 6) is -0.730. The summed E-state index contributed by atoms with van der Waals surface area (Å²) in [6, 6.07) is 10.8. The zero-order chi connectivity index (χ0) is 19.4. The number of fused-ring (bicyclic) bond motifs is 1. The molecule has 3 rings (SSSR count). The van der Waals surface area contributed by atoms with E-state index in [1.54, 1.807) is 0 Å². The molecule has 1 aliphatic rings. The second-order valence-electron chi connectivity index (χ2n) is 6.53. The van der Waals surface area contributed by atoms with Crippen LogP contribution in [0.3, 0.4) is 0 Å². The number of alkyl halides is 3. The van der Waals surface area contributed by atoms with E-state index in [9.17, 15) is 23.1 Å². The molecule has 2 N–H and O–H groups in total. The minimum absolute atomic E-state index is 0.259. The van der Waals surface area contributed by atoms with Crippen LogP contribution in [-0.4, -0.2) is 30.0 Å². The van der Waals surface area contributed by atoms with Gasteiger partial charge in [-0.1, -0.05) is 18.2 Å². The van der Waals surface area contributed by atoms with Crippen molar-refractivity contribution >= 4 is 5.91 Å². The first-order valence-corrected chi connectivity index (χ1v) is 8.73. The van der Waals surface area contributed by atoms with Gasteiger partial charge in [0.05, 0.1) is 6.10 Å². The van der Waals surface area contributed by atoms with E-state index in [1.807, 2.05) is 12.1 Å². The number of aryl methyl sites for hydroxylation is 1. The molecule has 1 unspecified atom stereocenters. The average Bonchev–Trinajstić information content (AvgIpc) is 2.61. The van der Waals surface area contributed by atoms with Gasteiger partial charge < -0.3 is 15.2 Å². The summed E-state index contributed by atoms with van der Waals surface area (Å²) in [6.07, 6.45) is -2.22. The highest BCUT2D eigenvalue weighted by Gasteiger charge is 2.31. The van der Waals surface area contributed by atoms with Crippen molar-refractivity contribution in [1.82, 2.24) is 5.32 Å². The smallest absolute Gasteiger partial charge is 0.406 e. The maximum Gasteiger partial charge on any atom is 0.573 e. The zero-order valence-corrected chi connectivity index (χ0v) is 14.6. The predicted octanol–water partition coefficient (Wildman–Crippen LogP) is 3.41. The van der Waals surface area contributed by atoms with Crippen molar-refractivity contribution in [2.75, 3.05) is 6.54 Å². The molecule has 1 aliphatic carbocycles. The van der Waals surface area contributed by atoms with E-state index in [0.717, 1.165) is 36.1 Å². The maximum absolute atomic E-state index is 12.2. The average molecular weight is 379 g/mol. The van der Waals surface area contributed by atoms with Crippen LogP contribution < -0.4 is 10.1 Å². The predicted molar refractivity (Wildman–Crippen MR) is 93.6 cm³/mol. The fourth-order valence-corrected chi connectivity index (χ4v) is 3.30. The van der Waals surface area contributed by atoms with Crippen molar-refractivity contribution < 1.29 is 27.8 Å². The molecule has 0 saturated heterocycles. The number of rotatable bonds is 5. The molecule has 0 heterocycles. The van der Waals surface area contributed by atoms with Gasteiger partial charge in [0.25, 0.3) is 5.91 Å². The van der Waals surface area contributed by atoms with Crippen LogP contribution in [0.2, 0.25) is 0 Å². The summed E-state index contributed by atoms with van der Waals surface area (Å²) < 4.78 is 40.3. The van der Waals surface area contributed by atoms with Crippen molar-refractivity contribution in [2.45, 2.75) is 38.1 Å². The van der Waals surface area contributed by atoms with E-state index in [2.05, 4.69) is 16.1 Å². The Morgan fingerprint density at radius 2 is 1.93 bits per heavy atom. The van der Waals surface area contributed by atoms with Crippen LogP contribution in [0.25, 0.3) is 0 Å². The molecular weight excluding hydrogens is 359 g/mol. The fourth-order valence-electron chi connectivity index (χ4n) is 3.30. The second kappa shape index (κ2) is 8.00. The lowest BCUT2D eigenvalue weighted by atomic mass is 9.86. The maximum atomic E-state index is 12.2. The Morgan fingerprint density at radius 3 is 2.63 bits per heavy atom. The molecule has 0 bridgehead atoms. The lowest BCUT2D eigenvalue weighted by Crippen LogP contribution is -2.27. The Bertz CT molecular complexity index is 803. The van der Waals surface area contributed by atoms with Gasteiger partial charge >= 0.3 is 6.36 Å². The summed E-state index contributed by atoms with van der Waals surface area (Å²) >= 11 is 0. The summed E-state index contributed by atoms with van der Waals surface area (Å²) in [7, 11) is 0. The summed E-state index contributed by atoms with van der Waals surface area (Å²) in [5, 5.41) is 12.7. The van der Waals surface area contributed by atoms with Gasteiger partial charge in [-0.05, 0) is 66.6 Å². The number of amides is 1. The van der Waals surface area contributed by atoms with Gasteiger partial charge in [-0.15, -0.1) is 13.2 Å². The summed E-state index contributed by atoms with van der Waals surface area (Å²) in [6.45, 7) is 0.395. The largest absolute Gasteiger partial charge is 0.573 e. The molecule has 27 heavy (non-hydrogen) atoms. The van der Waals surface area contributed by atoms with Crippen molar-refractivity contribution in [3.63, 3.8) is 0 Å². The Kier molecular flexibility index (Phi) is 5.70. The second-order valence-corrected chi connectivity index (χ2v) is 6.53. The Morgan fingerprint density at radius 1 is 1.19 bits per heavy atom. The highest BCUT2D eigenvalue weighted by molar-refractivity contribution is 5.94. The van der Waals surface area contributed by atoms with Crippen LogP contribution in [0.4, 0.5) is 13.2 Å². The number of benzene rings is 2. The number of hydrogen-bond donors (Lipinski definition) is 2. The van der Waals surface area contributed by atoms with E-state index in [-0.39, 0.29) is 23.3 Å². The number of halogens is 3. The molecule has 0 fully saturated rings. The number of nitrogens with one attached hydrogen (secondary N) is 1. The molecule has 0 radical (unpaired) electrons. The molecule has 4 nitrogen and oxygen atoms in total. The summed E-state index contributed by atoms with van der Waals surface area (Å²) in [4.78, 5) is 12.2. The lowest BCUT2D eigenvalue weighted by Gasteiger charge is -2.23. The number of ether oxygens (including phenoxy) is 1. The van der Waals surface area contributed by atoms with E-state index < -0.39 is 6.36 Å². The molecule has 7 heteroatoms. The van der Waals surface area contributed by atoms with Gasteiger partial charge in [0, 0.05) is 12.1 Å². The molecule has 2 aromatic rings. The SMILES string of the molecule is O=C(NCCc1cccc2c1CC(O)CC2)c1ccc(OC(F)(F)F)cc1. The molecule has 0 saturated carbocycles. The lowest BCUT2D eigenvalue weighted by molar-refractivity contribution is -0.274. The molecule has 0 aliphatic heterocycles. The van der Waals surface area contributed by atoms with Crippen LogP contribution in [0.1, 0.15) is 33.5 Å². The van der Waals surface area contributed by atoms with Crippen LogP contribution in [0.15, 0.2) is 42.5 Å². The Hall–Kier alpha value is -2.54. The van der Waals surface area contributed by atoms with Crippen LogP contribution in [0, 0.1) is 0 Å². The van der Waals surface area contributed by atoms with Crippen LogP contribution in [-0.2, 0) is 19.3 Å². The van der Waals surface area contributed by atoms with E-state index in [0.29, 0.717) is 19.4 Å². The Balaban J connectivity index is 1.56. The first-order valence-electron chi connectivity index (χ1n) is 8.73. The third-order valence-electron chi connectivity index (χ3n) is 4.59. The summed E-state index contributed by atoms with van der Waals surface area (Å²) in [5.41, 5.74) is 3.75. The van der Waals surface area contributed by atoms with Crippen LogP contribution >= 0.6 is 0 Å². The third kappa shape index (κ3) is 5.23. The monoisotopic (exact) mass is 379 g/mol. The van der Waals surface area contributed by atoms with E-state index in [1.165, 1.54) is 17.7 Å². The molecule has 0 spiro atoms. The van der Waals surface area contributed by atoms with Crippen LogP contribution in [0.5, 0.6) is 5.75 Å². The third-order valence-corrected chi connectivity index (χ3v) is 4.59. The number of aliphatic hydroxyl groups excluding tert-OH is 1. The fraction of sp³-hybridized carbons (Fsp3) is 0.350. The van der Waals surface area contributed by atoms with E-state index in [4.69, 9.17) is 0 Å². The zero-order valence-electron chi connectivity index (χ0n) is 14.6. The van der Waals surface area contributed by atoms with Crippen molar-refractivity contribution in [3.05, 3.63) is 64.7 Å². The first-order chi connectivity index (χ1) is 12.8. The Labute approximate surface area is 155 Å². The molecule has 144 valence electrons. The van der Waals surface area contributed by atoms with Gasteiger partial charge in [-0.25, -0.2) is 0 Å². The first kappa shape index (κ1) is 19.2. The standard InChI is InChI=1S/C20H20F3NO3/c21-20(22,23)27-17-8-5-15(6-9-17)19(26)24-11-10-14-3-1-2-13-4-7-16(25)12-18(13)14/h1-3,5-6,8-9,16,25H,4,7,10-12H2,(H,24,26). The van der Waals surface area contributed by atoms with Gasteiger partial charge in [-0.3, -0.25) is 4.79 Å².